The number of hydrogen-bond acceptors (Lipinski definition) is 2. The van der Waals surface area contributed by atoms with Crippen molar-refractivity contribution in [1.29, 1.82) is 0 Å². The summed E-state index contributed by atoms with van der Waals surface area (Å²) in [7, 11) is 0. The van der Waals surface area contributed by atoms with E-state index in [1.165, 1.54) is 110 Å². The molecule has 0 amide bonds. The average molecular weight is 919 g/mol. The van der Waals surface area contributed by atoms with Crippen molar-refractivity contribution in [1.82, 2.24) is 8.80 Å². The molecule has 0 N–H and O–H groups in total. The second-order valence-corrected chi connectivity index (χ2v) is 19.4. The van der Waals surface area contributed by atoms with Gasteiger partial charge >= 0.3 is 0 Å². The summed E-state index contributed by atoms with van der Waals surface area (Å²) in [6, 6.07) is 89.6. The number of fused-ring (bicyclic) bond motifs is 12. The Bertz CT molecular complexity index is 4500. The minimum Gasteiger partial charge on any atom is -0.310 e. The maximum atomic E-state index is 2.63. The zero-order chi connectivity index (χ0) is 47.6. The summed E-state index contributed by atoms with van der Waals surface area (Å²) in [5.41, 5.74) is 21.4. The summed E-state index contributed by atoms with van der Waals surface area (Å²) in [6.07, 6.45) is 0. The van der Waals surface area contributed by atoms with Crippen LogP contribution in [0.3, 0.4) is 0 Å². The van der Waals surface area contributed by atoms with Crippen molar-refractivity contribution in [3.05, 3.63) is 254 Å². The molecule has 15 aromatic rings. The fraction of sp³-hybridized carbons (Fsp3) is 0.0294. The third-order valence-corrected chi connectivity index (χ3v) is 15.1. The fourth-order valence-electron chi connectivity index (χ4n) is 12.4. The monoisotopic (exact) mass is 918 g/mol. The highest BCUT2D eigenvalue weighted by atomic mass is 15.1. The summed E-state index contributed by atoms with van der Waals surface area (Å²) in [5, 5.41) is 9.99. The van der Waals surface area contributed by atoms with Gasteiger partial charge in [-0.2, -0.15) is 0 Å². The molecular weight excluding hydrogens is 873 g/mol. The third-order valence-electron chi connectivity index (χ3n) is 15.1. The minimum atomic E-state index is 1.10. The van der Waals surface area contributed by atoms with Crippen LogP contribution < -0.4 is 9.80 Å². The molecule has 4 heterocycles. The highest BCUT2D eigenvalue weighted by Crippen LogP contribution is 2.55. The van der Waals surface area contributed by atoms with Crippen LogP contribution >= 0.6 is 0 Å². The van der Waals surface area contributed by atoms with Crippen LogP contribution in [0, 0.1) is 13.8 Å². The number of benzene rings is 11. The molecule has 4 heteroatoms. The van der Waals surface area contributed by atoms with E-state index in [0.29, 0.717) is 0 Å². The molecule has 0 saturated heterocycles. The van der Waals surface area contributed by atoms with E-state index in [1.807, 2.05) is 0 Å². The number of para-hydroxylation sites is 5. The van der Waals surface area contributed by atoms with Gasteiger partial charge in [-0.1, -0.05) is 170 Å². The maximum Gasteiger partial charge on any atom is 0.0634 e. The number of anilines is 6. The van der Waals surface area contributed by atoms with Gasteiger partial charge in [-0.3, -0.25) is 0 Å². The Morgan fingerprint density at radius 3 is 1.03 bits per heavy atom. The van der Waals surface area contributed by atoms with Crippen LogP contribution in [-0.2, 0) is 0 Å². The van der Waals surface area contributed by atoms with E-state index in [2.05, 4.69) is 275 Å². The van der Waals surface area contributed by atoms with E-state index in [0.717, 1.165) is 34.1 Å². The first-order valence-corrected chi connectivity index (χ1v) is 24.9. The van der Waals surface area contributed by atoms with Gasteiger partial charge in [0, 0.05) is 88.3 Å². The molecule has 0 aliphatic heterocycles. The van der Waals surface area contributed by atoms with E-state index >= 15 is 0 Å². The Kier molecular flexibility index (Phi) is 8.75. The van der Waals surface area contributed by atoms with Crippen LogP contribution in [0.2, 0.25) is 0 Å². The van der Waals surface area contributed by atoms with Crippen LogP contribution in [0.25, 0.3) is 98.4 Å². The lowest BCUT2D eigenvalue weighted by atomic mass is 9.89. The highest BCUT2D eigenvalue weighted by molar-refractivity contribution is 6.38. The smallest absolute Gasteiger partial charge is 0.0634 e. The van der Waals surface area contributed by atoms with Gasteiger partial charge < -0.3 is 18.6 Å². The van der Waals surface area contributed by atoms with Gasteiger partial charge in [-0.05, 0) is 109 Å². The number of rotatable bonds is 8. The van der Waals surface area contributed by atoms with E-state index in [-0.39, 0.29) is 0 Å². The topological polar surface area (TPSA) is 15.3 Å². The molecule has 15 rings (SSSR count). The zero-order valence-corrected chi connectivity index (χ0v) is 39.9. The van der Waals surface area contributed by atoms with Crippen molar-refractivity contribution >= 4 is 110 Å². The molecule has 0 spiro atoms. The van der Waals surface area contributed by atoms with Crippen LogP contribution in [0.15, 0.2) is 243 Å². The van der Waals surface area contributed by atoms with Crippen molar-refractivity contribution in [2.45, 2.75) is 13.8 Å². The number of aryl methyl sites for hydroxylation is 2. The highest BCUT2D eigenvalue weighted by Gasteiger charge is 2.31. The van der Waals surface area contributed by atoms with Crippen molar-refractivity contribution < 1.29 is 0 Å². The summed E-state index contributed by atoms with van der Waals surface area (Å²) >= 11 is 0. The average Bonchev–Trinajstić information content (AvgIpc) is 4.17. The zero-order valence-electron chi connectivity index (χ0n) is 39.9. The molecule has 0 fully saturated rings. The van der Waals surface area contributed by atoms with E-state index in [1.54, 1.807) is 0 Å². The molecular formula is C68H46N4. The number of nitrogens with zero attached hydrogens (tertiary/aromatic N) is 4. The first-order chi connectivity index (χ1) is 35.6. The van der Waals surface area contributed by atoms with Crippen molar-refractivity contribution in [2.75, 3.05) is 9.80 Å². The molecule has 0 atom stereocenters. The predicted molar refractivity (Wildman–Crippen MR) is 305 cm³/mol. The van der Waals surface area contributed by atoms with Gasteiger partial charge in [0.1, 0.15) is 0 Å². The summed E-state index contributed by atoms with van der Waals surface area (Å²) < 4.78 is 5.24. The van der Waals surface area contributed by atoms with Crippen LogP contribution in [-0.4, -0.2) is 8.80 Å². The Morgan fingerprint density at radius 1 is 0.264 bits per heavy atom. The van der Waals surface area contributed by atoms with Crippen molar-refractivity contribution in [3.63, 3.8) is 0 Å². The second kappa shape index (κ2) is 15.6. The van der Waals surface area contributed by atoms with Gasteiger partial charge in [0.15, 0.2) is 0 Å². The number of aromatic nitrogens is 2. The molecule has 0 bridgehead atoms. The molecule has 11 aromatic carbocycles. The lowest BCUT2D eigenvalue weighted by Gasteiger charge is -2.26. The van der Waals surface area contributed by atoms with E-state index in [4.69, 9.17) is 0 Å². The lowest BCUT2D eigenvalue weighted by molar-refractivity contribution is 1.25. The number of hydrogen-bond donors (Lipinski definition) is 0. The minimum absolute atomic E-state index is 1.10. The SMILES string of the molecule is Cc1cc(C)cc(N(c2ccccc2)c2ccc3c4cccc5c6c(-c7ccccc7)c7c(c(-c8ccccc8)c6n(c3c2)c45)c2cccc3c4ccc(N(c5ccccc5)c5ccccc5)cc4n7c32)c1. The van der Waals surface area contributed by atoms with Crippen molar-refractivity contribution in [2.24, 2.45) is 0 Å². The molecule has 0 saturated carbocycles. The largest absolute Gasteiger partial charge is 0.310 e. The summed E-state index contributed by atoms with van der Waals surface area (Å²) in [6.45, 7) is 4.39. The van der Waals surface area contributed by atoms with Gasteiger partial charge in [0.2, 0.25) is 0 Å². The molecule has 338 valence electrons. The first kappa shape index (κ1) is 40.5. The lowest BCUT2D eigenvalue weighted by Crippen LogP contribution is -2.10. The normalized spacial score (nSPS) is 12.0. The predicted octanol–water partition coefficient (Wildman–Crippen LogP) is 18.9. The van der Waals surface area contributed by atoms with Gasteiger partial charge in [-0.15, -0.1) is 0 Å². The molecule has 4 nitrogen and oxygen atoms in total. The van der Waals surface area contributed by atoms with Crippen LogP contribution in [0.1, 0.15) is 11.1 Å². The van der Waals surface area contributed by atoms with Crippen molar-refractivity contribution in [3.8, 4) is 22.3 Å². The molecule has 0 unspecified atom stereocenters. The Hall–Kier alpha value is -9.38. The Labute approximate surface area is 416 Å². The fourth-order valence-corrected chi connectivity index (χ4v) is 12.4. The second-order valence-electron chi connectivity index (χ2n) is 19.4. The molecule has 0 radical (unpaired) electrons. The quantitative estimate of drug-likeness (QED) is 0.151. The van der Waals surface area contributed by atoms with Gasteiger partial charge in [0.25, 0.3) is 0 Å². The maximum absolute atomic E-state index is 2.63. The standard InChI is InChI=1S/C68H46N4/c1-43-38-44(2)40-52(39-43)70(49-28-16-7-17-29-49)51-35-37-54-56-31-19-33-58-64-61(45-20-8-3-9-21-45)67-63(62(46-22-10-4-11-23-46)68(64)72(66(56)58)60(54)42-51)57-32-18-30-55-53-36-34-50(41-59(53)71(67)65(55)57)69(47-24-12-5-13-25-47)48-26-14-6-15-27-48/h3-42H,1-2H3. The summed E-state index contributed by atoms with van der Waals surface area (Å²) in [4.78, 5) is 4.80. The molecule has 0 aliphatic carbocycles. The third kappa shape index (κ3) is 5.81. The summed E-state index contributed by atoms with van der Waals surface area (Å²) in [5.74, 6) is 0. The van der Waals surface area contributed by atoms with Gasteiger partial charge in [-0.25, -0.2) is 0 Å². The molecule has 0 aliphatic rings. The molecule has 4 aromatic heterocycles. The molecule has 72 heavy (non-hydrogen) atoms. The van der Waals surface area contributed by atoms with Crippen LogP contribution in [0.5, 0.6) is 0 Å². The van der Waals surface area contributed by atoms with Crippen LogP contribution in [0.4, 0.5) is 34.1 Å². The Balaban J connectivity index is 1.13. The van der Waals surface area contributed by atoms with E-state index in [9.17, 15) is 0 Å². The van der Waals surface area contributed by atoms with E-state index < -0.39 is 0 Å². The Morgan fingerprint density at radius 2 is 0.625 bits per heavy atom. The first-order valence-electron chi connectivity index (χ1n) is 24.9. The van der Waals surface area contributed by atoms with Gasteiger partial charge in [0.05, 0.1) is 33.1 Å².